The van der Waals surface area contributed by atoms with Gasteiger partial charge in [-0.1, -0.05) is 48.5 Å². The van der Waals surface area contributed by atoms with E-state index in [1.807, 2.05) is 56.3 Å². The number of carboxylic acid groups (broad SMARTS) is 1. The first kappa shape index (κ1) is 16.0. The molecule has 22 heavy (non-hydrogen) atoms. The van der Waals surface area contributed by atoms with Gasteiger partial charge in [0.15, 0.2) is 0 Å². The van der Waals surface area contributed by atoms with Gasteiger partial charge in [-0.05, 0) is 25.5 Å². The minimum absolute atomic E-state index is 0.334. The summed E-state index contributed by atoms with van der Waals surface area (Å²) in [6.45, 7) is 4.99. The van der Waals surface area contributed by atoms with Crippen molar-refractivity contribution in [2.24, 2.45) is 0 Å². The van der Waals surface area contributed by atoms with Crippen molar-refractivity contribution < 1.29 is 19.4 Å². The van der Waals surface area contributed by atoms with Crippen LogP contribution in [0.4, 0.5) is 4.79 Å². The lowest BCUT2D eigenvalue weighted by Gasteiger charge is -2.31. The van der Waals surface area contributed by atoms with Crippen molar-refractivity contribution in [1.29, 1.82) is 0 Å². The van der Waals surface area contributed by atoms with E-state index in [1.165, 1.54) is 0 Å². The van der Waals surface area contributed by atoms with E-state index in [4.69, 9.17) is 14.6 Å². The van der Waals surface area contributed by atoms with E-state index in [-0.39, 0.29) is 0 Å². The maximum atomic E-state index is 10.9. The molecule has 0 aliphatic rings. The average molecular weight is 300 g/mol. The normalized spacial score (nSPS) is 13.4. The predicted octanol–water partition coefficient (Wildman–Crippen LogP) is 4.09. The van der Waals surface area contributed by atoms with Gasteiger partial charge in [0, 0.05) is 17.6 Å². The zero-order valence-electron chi connectivity index (χ0n) is 12.8. The van der Waals surface area contributed by atoms with Gasteiger partial charge in [0.2, 0.25) is 0 Å². The van der Waals surface area contributed by atoms with Gasteiger partial charge in [0.05, 0.1) is 6.61 Å². The van der Waals surface area contributed by atoms with Crippen molar-refractivity contribution in [3.63, 3.8) is 0 Å². The summed E-state index contributed by atoms with van der Waals surface area (Å²) < 4.78 is 10.6. The summed E-state index contributed by atoms with van der Waals surface area (Å²) in [5, 5.41) is 8.95. The monoisotopic (exact) mass is 300 g/mol. The van der Waals surface area contributed by atoms with Crippen LogP contribution in [0.25, 0.3) is 0 Å². The number of para-hydroxylation sites is 1. The van der Waals surface area contributed by atoms with Crippen molar-refractivity contribution in [1.82, 2.24) is 0 Å². The minimum Gasteiger partial charge on any atom is -0.449 e. The van der Waals surface area contributed by atoms with E-state index in [9.17, 15) is 4.79 Å². The molecule has 1 N–H and O–H groups in total. The first-order valence-corrected chi connectivity index (χ1v) is 7.21. The van der Waals surface area contributed by atoms with Gasteiger partial charge in [0.25, 0.3) is 0 Å². The molecule has 0 amide bonds. The Morgan fingerprint density at radius 3 is 2.36 bits per heavy atom. The van der Waals surface area contributed by atoms with Crippen LogP contribution in [0.5, 0.6) is 5.75 Å². The van der Waals surface area contributed by atoms with Crippen LogP contribution in [0, 0.1) is 0 Å². The predicted molar refractivity (Wildman–Crippen MR) is 84.5 cm³/mol. The lowest BCUT2D eigenvalue weighted by molar-refractivity contribution is 0.110. The van der Waals surface area contributed by atoms with Crippen LogP contribution in [-0.4, -0.2) is 24.5 Å². The minimum atomic E-state index is -1.32. The fourth-order valence-electron chi connectivity index (χ4n) is 2.53. The second kappa shape index (κ2) is 7.09. The van der Waals surface area contributed by atoms with Crippen molar-refractivity contribution in [2.75, 3.05) is 13.2 Å². The van der Waals surface area contributed by atoms with Crippen LogP contribution in [0.3, 0.4) is 0 Å². The van der Waals surface area contributed by atoms with Crippen LogP contribution in [0.1, 0.15) is 25.0 Å². The zero-order valence-corrected chi connectivity index (χ0v) is 12.8. The highest BCUT2D eigenvalue weighted by Gasteiger charge is 2.32. The first-order valence-electron chi connectivity index (χ1n) is 7.21. The van der Waals surface area contributed by atoms with Gasteiger partial charge in [-0.25, -0.2) is 4.79 Å². The molecule has 0 bridgehead atoms. The molecule has 1 atom stereocenters. The van der Waals surface area contributed by atoms with Crippen LogP contribution in [-0.2, 0) is 10.2 Å². The summed E-state index contributed by atoms with van der Waals surface area (Å²) in [5.74, 6) is 0.334. The molecule has 0 aliphatic heterocycles. The van der Waals surface area contributed by atoms with Gasteiger partial charge < -0.3 is 14.6 Å². The quantitative estimate of drug-likeness (QED) is 0.645. The lowest BCUT2D eigenvalue weighted by Crippen LogP contribution is -2.30. The molecule has 0 fully saturated rings. The summed E-state index contributed by atoms with van der Waals surface area (Å²) in [6.07, 6.45) is -1.32. The molecule has 0 heterocycles. The van der Waals surface area contributed by atoms with E-state index >= 15 is 0 Å². The number of rotatable bonds is 6. The summed E-state index contributed by atoms with van der Waals surface area (Å²) in [5.41, 5.74) is 1.34. The first-order chi connectivity index (χ1) is 10.6. The van der Waals surface area contributed by atoms with Crippen LogP contribution in [0.15, 0.2) is 54.6 Å². The summed E-state index contributed by atoms with van der Waals surface area (Å²) in [7, 11) is 0. The number of hydrogen-bond donors (Lipinski definition) is 1. The Morgan fingerprint density at radius 1 is 1.09 bits per heavy atom. The van der Waals surface area contributed by atoms with E-state index < -0.39 is 11.6 Å². The smallest absolute Gasteiger partial charge is 0.449 e. The Bertz CT molecular complexity index is 624. The maximum Gasteiger partial charge on any atom is 0.511 e. The molecule has 116 valence electrons. The summed E-state index contributed by atoms with van der Waals surface area (Å²) in [6, 6.07) is 17.1. The molecule has 4 heteroatoms. The summed E-state index contributed by atoms with van der Waals surface area (Å²) in [4.78, 5) is 10.9. The van der Waals surface area contributed by atoms with Crippen molar-refractivity contribution in [3.05, 3.63) is 65.7 Å². The largest absolute Gasteiger partial charge is 0.511 e. The topological polar surface area (TPSA) is 55.8 Å². The number of ether oxygens (including phenoxy) is 2. The second-order valence-electron chi connectivity index (χ2n) is 5.20. The molecule has 2 aromatic rings. The number of carbonyl (C=O) groups is 1. The van der Waals surface area contributed by atoms with Crippen LogP contribution < -0.4 is 4.74 Å². The molecule has 0 aliphatic carbocycles. The van der Waals surface area contributed by atoms with E-state index in [2.05, 4.69) is 0 Å². The molecule has 2 aromatic carbocycles. The van der Waals surface area contributed by atoms with E-state index in [0.717, 1.165) is 11.1 Å². The number of hydrogen-bond acceptors (Lipinski definition) is 3. The zero-order chi connectivity index (χ0) is 16.0. The van der Waals surface area contributed by atoms with Gasteiger partial charge in [0.1, 0.15) is 5.75 Å². The highest BCUT2D eigenvalue weighted by Crippen LogP contribution is 2.38. The van der Waals surface area contributed by atoms with Gasteiger partial charge >= 0.3 is 6.16 Å². The molecule has 0 saturated heterocycles. The van der Waals surface area contributed by atoms with E-state index in [1.54, 1.807) is 12.1 Å². The Hall–Kier alpha value is -2.33. The van der Waals surface area contributed by atoms with Gasteiger partial charge in [-0.3, -0.25) is 0 Å². The van der Waals surface area contributed by atoms with E-state index in [0.29, 0.717) is 19.0 Å². The van der Waals surface area contributed by atoms with Crippen LogP contribution >= 0.6 is 0 Å². The fraction of sp³-hybridized carbons (Fsp3) is 0.278. The highest BCUT2D eigenvalue weighted by atomic mass is 16.7. The second-order valence-corrected chi connectivity index (χ2v) is 5.20. The van der Waals surface area contributed by atoms with Crippen molar-refractivity contribution in [2.45, 2.75) is 19.3 Å². The highest BCUT2D eigenvalue weighted by molar-refractivity contribution is 5.63. The Balaban J connectivity index is 2.52. The third-order valence-corrected chi connectivity index (χ3v) is 3.68. The number of benzene rings is 2. The third-order valence-electron chi connectivity index (χ3n) is 3.68. The maximum absolute atomic E-state index is 10.9. The molecule has 4 nitrogen and oxygen atoms in total. The Kier molecular flexibility index (Phi) is 5.17. The molecular formula is C18H20O4. The summed E-state index contributed by atoms with van der Waals surface area (Å²) >= 11 is 0. The molecular weight excluding hydrogens is 280 g/mol. The van der Waals surface area contributed by atoms with Crippen LogP contribution in [0.2, 0.25) is 0 Å². The molecule has 0 spiro atoms. The molecule has 0 saturated carbocycles. The lowest BCUT2D eigenvalue weighted by atomic mass is 9.76. The van der Waals surface area contributed by atoms with Crippen molar-refractivity contribution >= 4 is 6.16 Å². The van der Waals surface area contributed by atoms with Gasteiger partial charge in [-0.2, -0.15) is 0 Å². The third kappa shape index (κ3) is 3.46. The molecule has 0 aromatic heterocycles. The Morgan fingerprint density at radius 2 is 1.73 bits per heavy atom. The fourth-order valence-corrected chi connectivity index (χ4v) is 2.53. The standard InChI is InChI=1S/C18H20O4/c1-3-21-13-18(2,14-9-5-4-6-10-14)15-11-7-8-12-16(15)22-17(19)20/h4-12H,3,13H2,1-2H3,(H,19,20). The SMILES string of the molecule is CCOCC(C)(c1ccccc1)c1ccccc1OC(=O)O. The average Bonchev–Trinajstić information content (AvgIpc) is 2.53. The van der Waals surface area contributed by atoms with Crippen molar-refractivity contribution in [3.8, 4) is 5.75 Å². The Labute approximate surface area is 130 Å². The van der Waals surface area contributed by atoms with Gasteiger partial charge in [-0.15, -0.1) is 0 Å². The molecule has 2 rings (SSSR count). The molecule has 0 radical (unpaired) electrons. The molecule has 1 unspecified atom stereocenters.